The van der Waals surface area contributed by atoms with Gasteiger partial charge < -0.3 is 14.6 Å². The highest BCUT2D eigenvalue weighted by molar-refractivity contribution is 5.43. The highest BCUT2D eigenvalue weighted by Crippen LogP contribution is 2.47. The van der Waals surface area contributed by atoms with Gasteiger partial charge >= 0.3 is 0 Å². The van der Waals surface area contributed by atoms with Crippen LogP contribution in [0.4, 0.5) is 0 Å². The molecule has 1 aliphatic carbocycles. The van der Waals surface area contributed by atoms with E-state index < -0.39 is 6.10 Å². The van der Waals surface area contributed by atoms with E-state index in [4.69, 9.17) is 9.47 Å². The topological polar surface area (TPSA) is 38.7 Å². The van der Waals surface area contributed by atoms with Gasteiger partial charge in [0, 0.05) is 12.0 Å². The van der Waals surface area contributed by atoms with Crippen molar-refractivity contribution in [3.05, 3.63) is 23.8 Å². The summed E-state index contributed by atoms with van der Waals surface area (Å²) >= 11 is 0. The lowest BCUT2D eigenvalue weighted by molar-refractivity contribution is -0.0455. The van der Waals surface area contributed by atoms with E-state index in [1.165, 1.54) is 12.8 Å². The minimum atomic E-state index is -0.438. The Balaban J connectivity index is 1.88. The Kier molecular flexibility index (Phi) is 3.17. The normalized spacial score (nSPS) is 33.6. The number of hydrogen-bond donors (Lipinski definition) is 1. The number of hydrogen-bond acceptors (Lipinski definition) is 3. The van der Waals surface area contributed by atoms with E-state index in [-0.39, 0.29) is 5.60 Å². The van der Waals surface area contributed by atoms with Gasteiger partial charge in [0.15, 0.2) is 0 Å². The van der Waals surface area contributed by atoms with Crippen LogP contribution in [-0.2, 0) is 0 Å². The molecule has 0 aromatic heterocycles. The number of benzene rings is 1. The lowest BCUT2D eigenvalue weighted by atomic mass is 9.74. The number of fused-ring (bicyclic) bond motifs is 1. The molecule has 1 aromatic rings. The summed E-state index contributed by atoms with van der Waals surface area (Å²) in [5.41, 5.74) is 0.719. The van der Waals surface area contributed by atoms with Crippen molar-refractivity contribution in [1.29, 1.82) is 0 Å². The van der Waals surface area contributed by atoms with E-state index in [9.17, 15) is 5.11 Å². The summed E-state index contributed by atoms with van der Waals surface area (Å²) in [6.07, 6.45) is 4.76. The van der Waals surface area contributed by atoms with Gasteiger partial charge in [-0.05, 0) is 49.8 Å². The van der Waals surface area contributed by atoms with Crippen molar-refractivity contribution in [2.24, 2.45) is 5.92 Å². The number of aliphatic hydroxyl groups is 1. The van der Waals surface area contributed by atoms with Gasteiger partial charge in [-0.2, -0.15) is 0 Å². The molecule has 3 heteroatoms. The first kappa shape index (κ1) is 12.8. The Hall–Kier alpha value is -1.22. The molecule has 0 unspecified atom stereocenters. The lowest BCUT2D eigenvalue weighted by Crippen LogP contribution is -2.43. The van der Waals surface area contributed by atoms with Crippen LogP contribution in [0.15, 0.2) is 18.2 Å². The van der Waals surface area contributed by atoms with Crippen LogP contribution < -0.4 is 9.47 Å². The third kappa shape index (κ3) is 2.32. The average molecular weight is 262 g/mol. The Morgan fingerprint density at radius 1 is 1.32 bits per heavy atom. The second kappa shape index (κ2) is 4.71. The summed E-state index contributed by atoms with van der Waals surface area (Å²) in [4.78, 5) is 0. The zero-order chi connectivity index (χ0) is 13.5. The number of ether oxygens (including phenoxy) is 2. The van der Waals surface area contributed by atoms with E-state index in [1.807, 2.05) is 18.2 Å². The van der Waals surface area contributed by atoms with E-state index in [0.29, 0.717) is 6.42 Å². The van der Waals surface area contributed by atoms with Crippen molar-refractivity contribution < 1.29 is 14.6 Å². The molecule has 3 nitrogen and oxygen atoms in total. The zero-order valence-electron chi connectivity index (χ0n) is 11.7. The van der Waals surface area contributed by atoms with Gasteiger partial charge in [-0.3, -0.25) is 0 Å². The lowest BCUT2D eigenvalue weighted by Gasteiger charge is -2.44. The molecule has 1 N–H and O–H groups in total. The molecule has 1 heterocycles. The molecule has 1 saturated carbocycles. The predicted octanol–water partition coefficient (Wildman–Crippen LogP) is 3.46. The van der Waals surface area contributed by atoms with Crippen LogP contribution in [-0.4, -0.2) is 17.8 Å². The molecule has 1 spiro atoms. The van der Waals surface area contributed by atoms with Crippen molar-refractivity contribution in [3.8, 4) is 11.5 Å². The van der Waals surface area contributed by atoms with Crippen molar-refractivity contribution in [2.45, 2.75) is 50.7 Å². The largest absolute Gasteiger partial charge is 0.497 e. The van der Waals surface area contributed by atoms with Crippen LogP contribution in [0.25, 0.3) is 0 Å². The monoisotopic (exact) mass is 262 g/mol. The molecule has 0 bridgehead atoms. The van der Waals surface area contributed by atoms with E-state index in [1.54, 1.807) is 7.11 Å². The standard InChI is InChI=1S/C16H22O3/c1-11-5-7-16(8-6-11)10-14(17)13-9-12(18-2)3-4-15(13)19-16/h3-4,9,11,14,17H,5-8,10H2,1-2H3/t11?,14-,16?/m0/s1. The van der Waals surface area contributed by atoms with E-state index in [2.05, 4.69) is 6.92 Å². The fraction of sp³-hybridized carbons (Fsp3) is 0.625. The van der Waals surface area contributed by atoms with Gasteiger partial charge in [0.1, 0.15) is 17.1 Å². The van der Waals surface area contributed by atoms with Crippen LogP contribution >= 0.6 is 0 Å². The van der Waals surface area contributed by atoms with Gasteiger partial charge in [-0.25, -0.2) is 0 Å². The molecule has 19 heavy (non-hydrogen) atoms. The molecule has 2 aliphatic rings. The highest BCUT2D eigenvalue weighted by Gasteiger charge is 2.42. The Morgan fingerprint density at radius 3 is 2.74 bits per heavy atom. The Morgan fingerprint density at radius 2 is 2.05 bits per heavy atom. The summed E-state index contributed by atoms with van der Waals surface area (Å²) < 4.78 is 11.5. The molecular weight excluding hydrogens is 240 g/mol. The second-order valence-corrected chi connectivity index (χ2v) is 6.09. The van der Waals surface area contributed by atoms with Crippen LogP contribution in [0.3, 0.4) is 0 Å². The first-order valence-electron chi connectivity index (χ1n) is 7.17. The SMILES string of the molecule is COc1ccc2c(c1)[C@@H](O)CC1(CCC(C)CC1)O2. The molecule has 1 aliphatic heterocycles. The molecule has 1 atom stereocenters. The molecular formula is C16H22O3. The Bertz CT molecular complexity index is 461. The fourth-order valence-corrected chi connectivity index (χ4v) is 3.34. The Labute approximate surface area is 114 Å². The maximum absolute atomic E-state index is 10.4. The maximum Gasteiger partial charge on any atom is 0.126 e. The smallest absolute Gasteiger partial charge is 0.126 e. The van der Waals surface area contributed by atoms with Gasteiger partial charge in [-0.15, -0.1) is 0 Å². The minimum absolute atomic E-state index is 0.145. The molecule has 104 valence electrons. The number of methoxy groups -OCH3 is 1. The minimum Gasteiger partial charge on any atom is -0.497 e. The van der Waals surface area contributed by atoms with Crippen LogP contribution in [0.2, 0.25) is 0 Å². The molecule has 0 amide bonds. The average Bonchev–Trinajstić information content (AvgIpc) is 2.42. The molecule has 0 saturated heterocycles. The summed E-state index contributed by atoms with van der Waals surface area (Å²) in [6, 6.07) is 5.71. The summed E-state index contributed by atoms with van der Waals surface area (Å²) in [7, 11) is 1.64. The van der Waals surface area contributed by atoms with Gasteiger partial charge in [-0.1, -0.05) is 6.92 Å². The van der Waals surface area contributed by atoms with Crippen molar-refractivity contribution in [2.75, 3.05) is 7.11 Å². The van der Waals surface area contributed by atoms with Crippen LogP contribution in [0, 0.1) is 5.92 Å². The second-order valence-electron chi connectivity index (χ2n) is 6.09. The number of aliphatic hydroxyl groups excluding tert-OH is 1. The summed E-state index contributed by atoms with van der Waals surface area (Å²) in [5.74, 6) is 2.38. The summed E-state index contributed by atoms with van der Waals surface area (Å²) in [6.45, 7) is 2.30. The van der Waals surface area contributed by atoms with Gasteiger partial charge in [0.05, 0.1) is 13.2 Å². The van der Waals surface area contributed by atoms with Gasteiger partial charge in [0.2, 0.25) is 0 Å². The van der Waals surface area contributed by atoms with Gasteiger partial charge in [0.25, 0.3) is 0 Å². The third-order valence-corrected chi connectivity index (χ3v) is 4.65. The van der Waals surface area contributed by atoms with Crippen molar-refractivity contribution in [1.82, 2.24) is 0 Å². The molecule has 0 radical (unpaired) electrons. The zero-order valence-corrected chi connectivity index (χ0v) is 11.7. The van der Waals surface area contributed by atoms with Crippen molar-refractivity contribution >= 4 is 0 Å². The number of rotatable bonds is 1. The van der Waals surface area contributed by atoms with E-state index >= 15 is 0 Å². The van der Waals surface area contributed by atoms with Crippen LogP contribution in [0.5, 0.6) is 11.5 Å². The molecule has 3 rings (SSSR count). The quantitative estimate of drug-likeness (QED) is 0.842. The maximum atomic E-state index is 10.4. The first-order chi connectivity index (χ1) is 9.12. The molecule has 1 aromatic carbocycles. The third-order valence-electron chi connectivity index (χ3n) is 4.65. The van der Waals surface area contributed by atoms with Crippen LogP contribution in [0.1, 0.15) is 50.7 Å². The van der Waals surface area contributed by atoms with E-state index in [0.717, 1.165) is 35.8 Å². The summed E-state index contributed by atoms with van der Waals surface area (Å²) in [5, 5.41) is 10.4. The molecule has 1 fully saturated rings. The highest BCUT2D eigenvalue weighted by atomic mass is 16.5. The predicted molar refractivity (Wildman–Crippen MR) is 73.6 cm³/mol. The van der Waals surface area contributed by atoms with Crippen molar-refractivity contribution in [3.63, 3.8) is 0 Å². The fourth-order valence-electron chi connectivity index (χ4n) is 3.34. The first-order valence-corrected chi connectivity index (χ1v) is 7.17.